The van der Waals surface area contributed by atoms with Gasteiger partial charge in [-0.2, -0.15) is 0 Å². The molecule has 0 radical (unpaired) electrons. The van der Waals surface area contributed by atoms with E-state index >= 15 is 0 Å². The van der Waals surface area contributed by atoms with Crippen molar-refractivity contribution >= 4 is 23.3 Å². The van der Waals surface area contributed by atoms with Crippen molar-refractivity contribution < 1.29 is 19.0 Å². The highest BCUT2D eigenvalue weighted by Gasteiger charge is 2.33. The van der Waals surface area contributed by atoms with Crippen molar-refractivity contribution in [3.63, 3.8) is 0 Å². The van der Waals surface area contributed by atoms with E-state index in [9.17, 15) is 4.79 Å². The number of rotatable bonds is 5. The summed E-state index contributed by atoms with van der Waals surface area (Å²) >= 11 is 5.22. The SMILES string of the molecule is CCOC(=O)C1=C(C)NC(=S)N[C@@H]1c1cccc(OC)c1OC. The van der Waals surface area contributed by atoms with Gasteiger partial charge in [-0.15, -0.1) is 0 Å². The van der Waals surface area contributed by atoms with Crippen molar-refractivity contribution in [3.05, 3.63) is 35.0 Å². The minimum atomic E-state index is -0.479. The van der Waals surface area contributed by atoms with Crippen molar-refractivity contribution in [2.45, 2.75) is 19.9 Å². The molecular formula is C16H20N2O4S. The minimum absolute atomic E-state index is 0.294. The number of esters is 1. The van der Waals surface area contributed by atoms with E-state index in [1.165, 1.54) is 0 Å². The zero-order valence-electron chi connectivity index (χ0n) is 13.6. The van der Waals surface area contributed by atoms with Crippen molar-refractivity contribution in [2.24, 2.45) is 0 Å². The third-order valence-corrected chi connectivity index (χ3v) is 3.73. The largest absolute Gasteiger partial charge is 0.493 e. The number of para-hydroxylation sites is 1. The van der Waals surface area contributed by atoms with E-state index in [0.717, 1.165) is 5.56 Å². The molecule has 1 aromatic carbocycles. The zero-order valence-corrected chi connectivity index (χ0v) is 14.4. The molecular weight excluding hydrogens is 316 g/mol. The van der Waals surface area contributed by atoms with Crippen LogP contribution in [0.1, 0.15) is 25.5 Å². The number of carbonyl (C=O) groups is 1. The monoisotopic (exact) mass is 336 g/mol. The van der Waals surface area contributed by atoms with Gasteiger partial charge in [-0.3, -0.25) is 0 Å². The summed E-state index contributed by atoms with van der Waals surface area (Å²) in [6.45, 7) is 3.85. The van der Waals surface area contributed by atoms with Gasteiger partial charge in [0.15, 0.2) is 16.6 Å². The number of benzene rings is 1. The van der Waals surface area contributed by atoms with E-state index in [1.807, 2.05) is 12.1 Å². The van der Waals surface area contributed by atoms with Crippen molar-refractivity contribution in [2.75, 3.05) is 20.8 Å². The highest BCUT2D eigenvalue weighted by molar-refractivity contribution is 7.80. The molecule has 23 heavy (non-hydrogen) atoms. The Morgan fingerprint density at radius 1 is 1.30 bits per heavy atom. The Morgan fingerprint density at radius 2 is 2.04 bits per heavy atom. The van der Waals surface area contributed by atoms with E-state index in [2.05, 4.69) is 10.6 Å². The third kappa shape index (κ3) is 3.39. The van der Waals surface area contributed by atoms with Gasteiger partial charge in [0, 0.05) is 11.3 Å². The second-order valence-electron chi connectivity index (χ2n) is 4.87. The highest BCUT2D eigenvalue weighted by Crippen LogP contribution is 2.38. The van der Waals surface area contributed by atoms with Crippen molar-refractivity contribution in [3.8, 4) is 11.5 Å². The molecule has 6 nitrogen and oxygen atoms in total. The minimum Gasteiger partial charge on any atom is -0.493 e. The van der Waals surface area contributed by atoms with Gasteiger partial charge < -0.3 is 24.8 Å². The molecule has 0 unspecified atom stereocenters. The fourth-order valence-electron chi connectivity index (χ4n) is 2.55. The molecule has 0 saturated carbocycles. The lowest BCUT2D eigenvalue weighted by molar-refractivity contribution is -0.139. The Kier molecular flexibility index (Phi) is 5.44. The topological polar surface area (TPSA) is 68.8 Å². The van der Waals surface area contributed by atoms with Crippen LogP contribution in [-0.2, 0) is 9.53 Å². The van der Waals surface area contributed by atoms with Crippen molar-refractivity contribution in [1.29, 1.82) is 0 Å². The number of hydrogen-bond donors (Lipinski definition) is 2. The second-order valence-corrected chi connectivity index (χ2v) is 5.28. The first-order chi connectivity index (χ1) is 11.0. The van der Waals surface area contributed by atoms with Crippen LogP contribution in [0.25, 0.3) is 0 Å². The first-order valence-corrected chi connectivity index (χ1v) is 7.60. The zero-order chi connectivity index (χ0) is 17.0. The summed E-state index contributed by atoms with van der Waals surface area (Å²) in [5.74, 6) is 0.728. The van der Waals surface area contributed by atoms with E-state index in [0.29, 0.717) is 34.5 Å². The van der Waals surface area contributed by atoms with Crippen LogP contribution in [0.3, 0.4) is 0 Å². The Hall–Kier alpha value is -2.28. The number of ether oxygens (including phenoxy) is 3. The standard InChI is InChI=1S/C16H20N2O4S/c1-5-22-15(19)12-9(2)17-16(23)18-13(12)10-7-6-8-11(20-3)14(10)21-4/h6-8,13H,5H2,1-4H3,(H2,17,18,23)/t13-/m1/s1. The normalized spacial score (nSPS) is 17.2. The fourth-order valence-corrected chi connectivity index (χ4v) is 2.82. The van der Waals surface area contributed by atoms with Gasteiger partial charge in [0.05, 0.1) is 32.4 Å². The van der Waals surface area contributed by atoms with Gasteiger partial charge in [0.1, 0.15) is 0 Å². The van der Waals surface area contributed by atoms with E-state index in [4.69, 9.17) is 26.4 Å². The molecule has 0 saturated heterocycles. The van der Waals surface area contributed by atoms with Crippen LogP contribution in [0, 0.1) is 0 Å². The van der Waals surface area contributed by atoms with Gasteiger partial charge in [0.25, 0.3) is 0 Å². The first kappa shape index (κ1) is 17.1. The molecule has 2 N–H and O–H groups in total. The smallest absolute Gasteiger partial charge is 0.338 e. The quantitative estimate of drug-likeness (QED) is 0.630. The molecule has 1 aromatic rings. The maximum atomic E-state index is 12.4. The second kappa shape index (κ2) is 7.32. The average Bonchev–Trinajstić information content (AvgIpc) is 2.53. The third-order valence-electron chi connectivity index (χ3n) is 3.51. The Bertz CT molecular complexity index is 657. The molecule has 1 atom stereocenters. The van der Waals surface area contributed by atoms with Crippen LogP contribution in [0.5, 0.6) is 11.5 Å². The maximum Gasteiger partial charge on any atom is 0.338 e. The summed E-state index contributed by atoms with van der Waals surface area (Å²) in [5.41, 5.74) is 1.87. The molecule has 1 aliphatic heterocycles. The van der Waals surface area contributed by atoms with Crippen LogP contribution < -0.4 is 20.1 Å². The number of thiocarbonyl (C=S) groups is 1. The summed E-state index contributed by atoms with van der Waals surface area (Å²) in [7, 11) is 3.12. The summed E-state index contributed by atoms with van der Waals surface area (Å²) < 4.78 is 16.0. The molecule has 1 heterocycles. The molecule has 0 bridgehead atoms. The average molecular weight is 336 g/mol. The number of nitrogens with one attached hydrogen (secondary N) is 2. The predicted octanol–water partition coefficient (Wildman–Crippen LogP) is 2.06. The van der Waals surface area contributed by atoms with Gasteiger partial charge in [-0.05, 0) is 32.1 Å². The Labute approximate surface area is 140 Å². The van der Waals surface area contributed by atoms with Gasteiger partial charge in [0.2, 0.25) is 0 Å². The van der Waals surface area contributed by atoms with Gasteiger partial charge in [-0.25, -0.2) is 4.79 Å². The number of hydrogen-bond acceptors (Lipinski definition) is 5. The van der Waals surface area contributed by atoms with Crippen LogP contribution in [-0.4, -0.2) is 31.9 Å². The van der Waals surface area contributed by atoms with Gasteiger partial charge in [-0.1, -0.05) is 12.1 Å². The van der Waals surface area contributed by atoms with Crippen LogP contribution >= 0.6 is 12.2 Å². The molecule has 1 aliphatic rings. The maximum absolute atomic E-state index is 12.4. The summed E-state index contributed by atoms with van der Waals surface area (Å²) in [5, 5.41) is 6.50. The molecule has 0 aliphatic carbocycles. The lowest BCUT2D eigenvalue weighted by atomic mass is 9.94. The molecule has 7 heteroatoms. The first-order valence-electron chi connectivity index (χ1n) is 7.19. The van der Waals surface area contributed by atoms with E-state index in [-0.39, 0.29) is 0 Å². The van der Waals surface area contributed by atoms with Crippen LogP contribution in [0.15, 0.2) is 29.5 Å². The number of carbonyl (C=O) groups excluding carboxylic acids is 1. The molecule has 0 amide bonds. The Morgan fingerprint density at radius 3 is 2.65 bits per heavy atom. The molecule has 2 rings (SSSR count). The van der Waals surface area contributed by atoms with Crippen LogP contribution in [0.4, 0.5) is 0 Å². The van der Waals surface area contributed by atoms with E-state index < -0.39 is 12.0 Å². The number of allylic oxidation sites excluding steroid dienone is 1. The lowest BCUT2D eigenvalue weighted by Gasteiger charge is -2.30. The summed E-state index contributed by atoms with van der Waals surface area (Å²) in [6.07, 6.45) is 0. The lowest BCUT2D eigenvalue weighted by Crippen LogP contribution is -2.45. The molecule has 124 valence electrons. The summed E-state index contributed by atoms with van der Waals surface area (Å²) in [4.78, 5) is 12.4. The molecule has 0 aromatic heterocycles. The Balaban J connectivity index is 2.57. The van der Waals surface area contributed by atoms with E-state index in [1.54, 1.807) is 34.1 Å². The molecule has 0 spiro atoms. The van der Waals surface area contributed by atoms with Crippen molar-refractivity contribution in [1.82, 2.24) is 10.6 Å². The fraction of sp³-hybridized carbons (Fsp3) is 0.375. The predicted molar refractivity (Wildman–Crippen MR) is 90.5 cm³/mol. The molecule has 0 fully saturated rings. The summed E-state index contributed by atoms with van der Waals surface area (Å²) in [6, 6.07) is 5.01. The number of methoxy groups -OCH3 is 2. The highest BCUT2D eigenvalue weighted by atomic mass is 32.1. The van der Waals surface area contributed by atoms with Gasteiger partial charge >= 0.3 is 5.97 Å². The van der Waals surface area contributed by atoms with Crippen LogP contribution in [0.2, 0.25) is 0 Å².